The molecule has 2 N–H and O–H groups in total. The van der Waals surface area contributed by atoms with Gasteiger partial charge < -0.3 is 29.7 Å². The summed E-state index contributed by atoms with van der Waals surface area (Å²) >= 11 is 0. The Bertz CT molecular complexity index is 806. The molecule has 0 saturated carbocycles. The topological polar surface area (TPSA) is 72.1 Å². The van der Waals surface area contributed by atoms with E-state index in [1.54, 1.807) is 0 Å². The lowest BCUT2D eigenvalue weighted by molar-refractivity contribution is 0.123. The summed E-state index contributed by atoms with van der Waals surface area (Å²) in [5.74, 6) is 1.53. The molecule has 2 aromatic rings. The molecule has 0 aromatic heterocycles. The predicted molar refractivity (Wildman–Crippen MR) is 103 cm³/mol. The number of urea groups is 1. The van der Waals surface area contributed by atoms with Crippen LogP contribution < -0.4 is 25.0 Å². The zero-order valence-electron chi connectivity index (χ0n) is 15.1. The van der Waals surface area contributed by atoms with Crippen LogP contribution in [0.15, 0.2) is 42.5 Å². The van der Waals surface area contributed by atoms with Crippen LogP contribution in [0.3, 0.4) is 0 Å². The third kappa shape index (κ3) is 4.25. The number of ether oxygens (including phenoxy) is 3. The first-order valence-corrected chi connectivity index (χ1v) is 9.15. The van der Waals surface area contributed by atoms with E-state index in [2.05, 4.69) is 15.5 Å². The van der Waals surface area contributed by atoms with Gasteiger partial charge in [-0.3, -0.25) is 0 Å². The third-order valence-electron chi connectivity index (χ3n) is 4.64. The number of para-hydroxylation sites is 2. The maximum atomic E-state index is 12.3. The summed E-state index contributed by atoms with van der Waals surface area (Å²) in [6.07, 6.45) is 0.717. The van der Waals surface area contributed by atoms with E-state index in [4.69, 9.17) is 14.2 Å². The monoisotopic (exact) mass is 369 g/mol. The van der Waals surface area contributed by atoms with Crippen LogP contribution in [0.2, 0.25) is 0 Å². The lowest BCUT2D eigenvalue weighted by Gasteiger charge is -2.30. The molecule has 0 unspecified atom stereocenters. The van der Waals surface area contributed by atoms with Crippen molar-refractivity contribution in [2.24, 2.45) is 0 Å². The summed E-state index contributed by atoms with van der Waals surface area (Å²) in [5.41, 5.74) is 2.92. The van der Waals surface area contributed by atoms with Crippen molar-refractivity contribution in [3.63, 3.8) is 0 Å². The molecule has 7 nitrogen and oxygen atoms in total. The molecule has 0 aliphatic carbocycles. The number of nitrogens with zero attached hydrogens (tertiary/aromatic N) is 1. The number of morpholine rings is 1. The molecule has 2 aliphatic rings. The number of amides is 2. The number of anilines is 2. The maximum Gasteiger partial charge on any atom is 0.319 e. The molecule has 2 heterocycles. The van der Waals surface area contributed by atoms with Gasteiger partial charge in [0, 0.05) is 19.6 Å². The number of benzene rings is 2. The minimum Gasteiger partial charge on any atom is -0.454 e. The third-order valence-corrected chi connectivity index (χ3v) is 4.64. The second kappa shape index (κ2) is 8.18. The average molecular weight is 369 g/mol. The minimum atomic E-state index is -0.212. The van der Waals surface area contributed by atoms with E-state index in [9.17, 15) is 4.79 Å². The molecular weight excluding hydrogens is 346 g/mol. The first-order chi connectivity index (χ1) is 13.3. The van der Waals surface area contributed by atoms with E-state index in [1.807, 2.05) is 42.5 Å². The molecule has 0 radical (unpaired) electrons. The van der Waals surface area contributed by atoms with Crippen molar-refractivity contribution >= 4 is 17.4 Å². The maximum absolute atomic E-state index is 12.3. The second-order valence-electron chi connectivity index (χ2n) is 6.44. The average Bonchev–Trinajstić information content (AvgIpc) is 3.17. The van der Waals surface area contributed by atoms with Crippen LogP contribution in [-0.2, 0) is 11.2 Å². The number of rotatable bonds is 5. The number of hydrogen-bond donors (Lipinski definition) is 2. The van der Waals surface area contributed by atoms with Crippen LogP contribution in [0, 0.1) is 0 Å². The number of nitrogens with one attached hydrogen (secondary N) is 2. The first kappa shape index (κ1) is 17.5. The van der Waals surface area contributed by atoms with E-state index in [0.29, 0.717) is 19.8 Å². The van der Waals surface area contributed by atoms with Crippen molar-refractivity contribution in [2.75, 3.05) is 49.9 Å². The van der Waals surface area contributed by atoms with Crippen molar-refractivity contribution in [3.8, 4) is 11.5 Å². The highest BCUT2D eigenvalue weighted by Crippen LogP contribution is 2.32. The van der Waals surface area contributed by atoms with E-state index in [-0.39, 0.29) is 12.8 Å². The number of fused-ring (bicyclic) bond motifs is 1. The van der Waals surface area contributed by atoms with Gasteiger partial charge in [0.15, 0.2) is 11.5 Å². The summed E-state index contributed by atoms with van der Waals surface area (Å²) in [5, 5.41) is 5.87. The van der Waals surface area contributed by atoms with Gasteiger partial charge in [-0.05, 0) is 36.2 Å². The number of hydrogen-bond acceptors (Lipinski definition) is 5. The first-order valence-electron chi connectivity index (χ1n) is 9.15. The van der Waals surface area contributed by atoms with E-state index in [0.717, 1.165) is 47.9 Å². The summed E-state index contributed by atoms with van der Waals surface area (Å²) in [6, 6.07) is 13.5. The van der Waals surface area contributed by atoms with Crippen LogP contribution in [-0.4, -0.2) is 45.7 Å². The highest BCUT2D eigenvalue weighted by atomic mass is 16.7. The molecule has 4 rings (SSSR count). The van der Waals surface area contributed by atoms with Gasteiger partial charge in [0.25, 0.3) is 0 Å². The fourth-order valence-electron chi connectivity index (χ4n) is 3.24. The van der Waals surface area contributed by atoms with E-state index in [1.165, 1.54) is 0 Å². The van der Waals surface area contributed by atoms with E-state index >= 15 is 0 Å². The molecular formula is C20H23N3O4. The van der Waals surface area contributed by atoms with Gasteiger partial charge in [-0.2, -0.15) is 0 Å². The molecule has 27 heavy (non-hydrogen) atoms. The van der Waals surface area contributed by atoms with Crippen molar-refractivity contribution < 1.29 is 19.0 Å². The normalized spacial score (nSPS) is 15.5. The second-order valence-corrected chi connectivity index (χ2v) is 6.44. The lowest BCUT2D eigenvalue weighted by Crippen LogP contribution is -2.37. The Labute approximate surface area is 158 Å². The summed E-state index contributed by atoms with van der Waals surface area (Å²) < 4.78 is 16.1. The smallest absolute Gasteiger partial charge is 0.319 e. The van der Waals surface area contributed by atoms with Crippen molar-refractivity contribution in [2.45, 2.75) is 6.42 Å². The molecule has 142 valence electrons. The van der Waals surface area contributed by atoms with Crippen LogP contribution in [0.5, 0.6) is 11.5 Å². The zero-order valence-corrected chi connectivity index (χ0v) is 15.1. The largest absolute Gasteiger partial charge is 0.454 e. The molecule has 0 atom stereocenters. The molecule has 1 saturated heterocycles. The van der Waals surface area contributed by atoms with Gasteiger partial charge in [-0.25, -0.2) is 4.79 Å². The number of carbonyl (C=O) groups excluding carboxylic acids is 1. The Kier molecular flexibility index (Phi) is 5.29. The highest BCUT2D eigenvalue weighted by Gasteiger charge is 2.16. The molecule has 2 aliphatic heterocycles. The van der Waals surface area contributed by atoms with Gasteiger partial charge in [0.1, 0.15) is 0 Å². The molecule has 0 spiro atoms. The van der Waals surface area contributed by atoms with Crippen molar-refractivity contribution in [1.82, 2.24) is 5.32 Å². The van der Waals surface area contributed by atoms with Crippen LogP contribution in [0.1, 0.15) is 5.56 Å². The zero-order chi connectivity index (χ0) is 18.5. The lowest BCUT2D eigenvalue weighted by atomic mass is 10.1. The number of carbonyl (C=O) groups is 1. The minimum absolute atomic E-state index is 0.212. The fourth-order valence-corrected chi connectivity index (χ4v) is 3.24. The Morgan fingerprint density at radius 1 is 1.04 bits per heavy atom. The molecule has 7 heteroatoms. The Hall–Kier alpha value is -2.93. The van der Waals surface area contributed by atoms with E-state index < -0.39 is 0 Å². The molecule has 0 bridgehead atoms. The van der Waals surface area contributed by atoms with Gasteiger partial charge in [0.2, 0.25) is 6.79 Å². The molecule has 1 fully saturated rings. The SMILES string of the molecule is O=C(NCCc1ccc2c(c1)OCO2)Nc1ccccc1N1CCOCC1. The Balaban J connectivity index is 1.31. The summed E-state index contributed by atoms with van der Waals surface area (Å²) in [4.78, 5) is 14.5. The van der Waals surface area contributed by atoms with Crippen molar-refractivity contribution in [1.29, 1.82) is 0 Å². The van der Waals surface area contributed by atoms with Crippen LogP contribution in [0.4, 0.5) is 16.2 Å². The fraction of sp³-hybridized carbons (Fsp3) is 0.350. The van der Waals surface area contributed by atoms with Gasteiger partial charge in [0.05, 0.1) is 24.6 Å². The summed E-state index contributed by atoms with van der Waals surface area (Å²) in [7, 11) is 0. The van der Waals surface area contributed by atoms with Gasteiger partial charge in [-0.1, -0.05) is 18.2 Å². The predicted octanol–water partition coefficient (Wildman–Crippen LogP) is 2.62. The molecule has 2 aromatic carbocycles. The van der Waals surface area contributed by atoms with Gasteiger partial charge in [-0.15, -0.1) is 0 Å². The quantitative estimate of drug-likeness (QED) is 0.848. The standard InChI is InChI=1S/C20H23N3O4/c24-20(21-8-7-15-5-6-18-19(13-15)27-14-26-18)22-16-3-1-2-4-17(16)23-9-11-25-12-10-23/h1-6,13H,7-12,14H2,(H2,21,22,24). The Morgan fingerprint density at radius 2 is 1.85 bits per heavy atom. The van der Waals surface area contributed by atoms with Crippen LogP contribution >= 0.6 is 0 Å². The molecule has 2 amide bonds. The van der Waals surface area contributed by atoms with Crippen molar-refractivity contribution in [3.05, 3.63) is 48.0 Å². The Morgan fingerprint density at radius 3 is 2.74 bits per heavy atom. The van der Waals surface area contributed by atoms with Crippen LogP contribution in [0.25, 0.3) is 0 Å². The highest BCUT2D eigenvalue weighted by molar-refractivity contribution is 5.93. The summed E-state index contributed by atoms with van der Waals surface area (Å²) in [6.45, 7) is 3.86. The van der Waals surface area contributed by atoms with Gasteiger partial charge >= 0.3 is 6.03 Å².